The monoisotopic (exact) mass is 530 g/mol. The average Bonchev–Trinajstić information content (AvgIpc) is 3.38. The fraction of sp³-hybridized carbons (Fsp3) is 0.300. The number of aromatic nitrogens is 3. The van der Waals surface area contributed by atoms with Crippen LogP contribution in [-0.2, 0) is 11.2 Å². The normalized spacial score (nSPS) is 10.8. The Bertz CT molecular complexity index is 1340. The molecule has 4 rings (SSSR count). The summed E-state index contributed by atoms with van der Waals surface area (Å²) in [5, 5.41) is 9.83. The van der Waals surface area contributed by atoms with E-state index < -0.39 is 0 Å². The van der Waals surface area contributed by atoms with E-state index in [4.69, 9.17) is 9.47 Å². The van der Waals surface area contributed by atoms with Crippen molar-refractivity contribution in [2.24, 2.45) is 0 Å². The van der Waals surface area contributed by atoms with Gasteiger partial charge in [-0.05, 0) is 49.6 Å². The second kappa shape index (κ2) is 13.1. The van der Waals surface area contributed by atoms with Crippen molar-refractivity contribution >= 4 is 17.7 Å². The van der Waals surface area contributed by atoms with Gasteiger partial charge >= 0.3 is 0 Å². The molecule has 4 aromatic rings. The van der Waals surface area contributed by atoms with Crippen molar-refractivity contribution in [3.63, 3.8) is 0 Å². The maximum Gasteiger partial charge on any atom is 0.222 e. The van der Waals surface area contributed by atoms with E-state index in [1.165, 1.54) is 5.56 Å². The summed E-state index contributed by atoms with van der Waals surface area (Å²) in [5.41, 5.74) is 4.33. The van der Waals surface area contributed by atoms with E-state index in [-0.39, 0.29) is 5.91 Å². The number of thioether (sulfide) groups is 1. The number of aryl methyl sites for hydroxylation is 1. The number of carbonyl (C=O) groups excluding carboxylic acids is 1. The Morgan fingerprint density at radius 2 is 1.68 bits per heavy atom. The zero-order valence-electron chi connectivity index (χ0n) is 22.4. The number of hydrogen-bond acceptors (Lipinski definition) is 6. The van der Waals surface area contributed by atoms with Gasteiger partial charge in [0.1, 0.15) is 0 Å². The van der Waals surface area contributed by atoms with Crippen molar-refractivity contribution in [2.75, 3.05) is 33.6 Å². The topological polar surface area (TPSA) is 69.5 Å². The largest absolute Gasteiger partial charge is 0.493 e. The number of carbonyl (C=O) groups is 1. The molecule has 1 heterocycles. The lowest BCUT2D eigenvalue weighted by Gasteiger charge is -2.17. The number of benzene rings is 3. The third-order valence-electron chi connectivity index (χ3n) is 6.33. The van der Waals surface area contributed by atoms with Gasteiger partial charge in [-0.3, -0.25) is 9.36 Å². The Hall–Kier alpha value is -3.78. The molecule has 8 heteroatoms. The number of methoxy groups -OCH3 is 2. The van der Waals surface area contributed by atoms with Crippen LogP contribution in [0.1, 0.15) is 24.0 Å². The maximum absolute atomic E-state index is 12.7. The Morgan fingerprint density at radius 3 is 2.39 bits per heavy atom. The highest BCUT2D eigenvalue weighted by molar-refractivity contribution is 7.99. The molecule has 0 bridgehead atoms. The molecule has 0 aliphatic heterocycles. The number of likely N-dealkylation sites (N-methyl/N-ethyl adjacent to an activating group) is 1. The lowest BCUT2D eigenvalue weighted by molar-refractivity contribution is -0.129. The number of hydrogen-bond donors (Lipinski definition) is 0. The standard InChI is InChI=1S/C30H34N4O3S/c1-22-12-15-24(16-13-22)29-31-32-30(34(29)25-9-6-5-7-10-25)38-20-8-11-28(35)33(2)19-18-23-14-17-26(36-3)27(21-23)37-4/h5-7,9-10,12-17,21H,8,11,18-20H2,1-4H3. The zero-order chi connectivity index (χ0) is 26.9. The summed E-state index contributed by atoms with van der Waals surface area (Å²) in [5.74, 6) is 3.12. The van der Waals surface area contributed by atoms with Gasteiger partial charge in [-0.1, -0.05) is 65.9 Å². The molecule has 0 saturated heterocycles. The zero-order valence-corrected chi connectivity index (χ0v) is 23.2. The van der Waals surface area contributed by atoms with Crippen LogP contribution in [0.25, 0.3) is 17.1 Å². The first-order valence-electron chi connectivity index (χ1n) is 12.7. The van der Waals surface area contributed by atoms with Crippen LogP contribution >= 0.6 is 11.8 Å². The molecule has 1 aromatic heterocycles. The highest BCUT2D eigenvalue weighted by atomic mass is 32.2. The van der Waals surface area contributed by atoms with Crippen molar-refractivity contribution in [3.8, 4) is 28.6 Å². The molecular weight excluding hydrogens is 496 g/mol. The maximum atomic E-state index is 12.7. The third-order valence-corrected chi connectivity index (χ3v) is 7.35. The molecule has 0 atom stereocenters. The number of amides is 1. The van der Waals surface area contributed by atoms with Crippen LogP contribution in [0.15, 0.2) is 78.0 Å². The van der Waals surface area contributed by atoms with Crippen LogP contribution in [-0.4, -0.2) is 59.1 Å². The Kier molecular flexibility index (Phi) is 9.43. The van der Waals surface area contributed by atoms with Gasteiger partial charge in [0.2, 0.25) is 5.91 Å². The molecule has 0 saturated carbocycles. The number of ether oxygens (including phenoxy) is 2. The molecule has 0 spiro atoms. The number of nitrogens with zero attached hydrogens (tertiary/aromatic N) is 4. The smallest absolute Gasteiger partial charge is 0.222 e. The van der Waals surface area contributed by atoms with Crippen LogP contribution in [0.3, 0.4) is 0 Å². The van der Waals surface area contributed by atoms with Gasteiger partial charge in [0, 0.05) is 37.0 Å². The lowest BCUT2D eigenvalue weighted by atomic mass is 10.1. The molecule has 198 valence electrons. The van der Waals surface area contributed by atoms with Gasteiger partial charge in [0.05, 0.1) is 14.2 Å². The van der Waals surface area contributed by atoms with E-state index in [1.54, 1.807) is 30.9 Å². The van der Waals surface area contributed by atoms with Gasteiger partial charge in [0.25, 0.3) is 0 Å². The van der Waals surface area contributed by atoms with Crippen LogP contribution in [0.2, 0.25) is 0 Å². The minimum Gasteiger partial charge on any atom is -0.493 e. The molecule has 1 amide bonds. The molecule has 3 aromatic carbocycles. The van der Waals surface area contributed by atoms with E-state index >= 15 is 0 Å². The summed E-state index contributed by atoms with van der Waals surface area (Å²) < 4.78 is 12.8. The van der Waals surface area contributed by atoms with Crippen LogP contribution in [0.4, 0.5) is 0 Å². The minimum atomic E-state index is 0.135. The van der Waals surface area contributed by atoms with E-state index in [0.29, 0.717) is 24.5 Å². The van der Waals surface area contributed by atoms with Gasteiger partial charge in [-0.25, -0.2) is 0 Å². The third kappa shape index (κ3) is 6.75. The molecular formula is C30H34N4O3S. The summed E-state index contributed by atoms with van der Waals surface area (Å²) in [6.07, 6.45) is 1.99. The first kappa shape index (κ1) is 27.3. The molecule has 0 radical (unpaired) electrons. The average molecular weight is 531 g/mol. The summed E-state index contributed by atoms with van der Waals surface area (Å²) >= 11 is 1.62. The van der Waals surface area contributed by atoms with E-state index in [9.17, 15) is 4.79 Å². The van der Waals surface area contributed by atoms with Crippen molar-refractivity contribution in [1.29, 1.82) is 0 Å². The summed E-state index contributed by atoms with van der Waals surface area (Å²) in [7, 11) is 5.10. The summed E-state index contributed by atoms with van der Waals surface area (Å²) in [6, 6.07) is 24.3. The van der Waals surface area contributed by atoms with Crippen molar-refractivity contribution in [3.05, 3.63) is 83.9 Å². The number of rotatable bonds is 12. The van der Waals surface area contributed by atoms with Crippen molar-refractivity contribution < 1.29 is 14.3 Å². The van der Waals surface area contributed by atoms with Crippen molar-refractivity contribution in [1.82, 2.24) is 19.7 Å². The fourth-order valence-electron chi connectivity index (χ4n) is 4.10. The van der Waals surface area contributed by atoms with Crippen molar-refractivity contribution in [2.45, 2.75) is 31.3 Å². The van der Waals surface area contributed by atoms with Gasteiger partial charge in [-0.2, -0.15) is 0 Å². The SMILES string of the molecule is COc1ccc(CCN(C)C(=O)CCCSc2nnc(-c3ccc(C)cc3)n2-c2ccccc2)cc1OC. The molecule has 0 unspecified atom stereocenters. The molecule has 38 heavy (non-hydrogen) atoms. The molecule has 7 nitrogen and oxygen atoms in total. The van der Waals surface area contributed by atoms with Gasteiger partial charge < -0.3 is 14.4 Å². The fourth-order valence-corrected chi connectivity index (χ4v) is 4.99. The van der Waals surface area contributed by atoms with Crippen LogP contribution in [0.5, 0.6) is 11.5 Å². The predicted octanol–water partition coefficient (Wildman–Crippen LogP) is 5.83. The summed E-state index contributed by atoms with van der Waals surface area (Å²) in [4.78, 5) is 14.5. The second-order valence-electron chi connectivity index (χ2n) is 9.05. The Labute approximate surface area is 228 Å². The predicted molar refractivity (Wildman–Crippen MR) is 152 cm³/mol. The molecule has 0 N–H and O–H groups in total. The van der Waals surface area contributed by atoms with E-state index in [1.807, 2.05) is 43.4 Å². The molecule has 0 fully saturated rings. The highest BCUT2D eigenvalue weighted by Crippen LogP contribution is 2.29. The minimum absolute atomic E-state index is 0.135. The van der Waals surface area contributed by atoms with Gasteiger partial charge in [0.15, 0.2) is 22.5 Å². The van der Waals surface area contributed by atoms with Crippen LogP contribution in [0, 0.1) is 6.92 Å². The number of para-hydroxylation sites is 1. The molecule has 0 aliphatic carbocycles. The quantitative estimate of drug-likeness (QED) is 0.169. The Balaban J connectivity index is 1.33. The van der Waals surface area contributed by atoms with E-state index in [2.05, 4.69) is 58.1 Å². The first-order valence-corrected chi connectivity index (χ1v) is 13.6. The highest BCUT2D eigenvalue weighted by Gasteiger charge is 2.17. The lowest BCUT2D eigenvalue weighted by Crippen LogP contribution is -2.28. The summed E-state index contributed by atoms with van der Waals surface area (Å²) in [6.45, 7) is 2.71. The first-order chi connectivity index (χ1) is 18.5. The van der Waals surface area contributed by atoms with E-state index in [0.717, 1.165) is 46.4 Å². The van der Waals surface area contributed by atoms with Gasteiger partial charge in [-0.15, -0.1) is 10.2 Å². The Morgan fingerprint density at radius 1 is 0.947 bits per heavy atom. The van der Waals surface area contributed by atoms with Crippen LogP contribution < -0.4 is 9.47 Å². The second-order valence-corrected chi connectivity index (χ2v) is 10.1. The molecule has 0 aliphatic rings.